The first-order valence-corrected chi connectivity index (χ1v) is 4.92. The van der Waals surface area contributed by atoms with Crippen LogP contribution in [-0.2, 0) is 9.47 Å². The van der Waals surface area contributed by atoms with E-state index in [2.05, 4.69) is 4.98 Å². The van der Waals surface area contributed by atoms with Crippen LogP contribution in [0.15, 0.2) is 11.0 Å². The summed E-state index contributed by atoms with van der Waals surface area (Å²) in [6.45, 7) is 1.16. The zero-order valence-corrected chi connectivity index (χ0v) is 9.09. The van der Waals surface area contributed by atoms with E-state index in [0.717, 1.165) is 10.8 Å². The van der Waals surface area contributed by atoms with Gasteiger partial charge in [-0.3, -0.25) is 4.57 Å². The van der Waals surface area contributed by atoms with Crippen molar-refractivity contribution >= 4 is 5.82 Å². The Labute approximate surface area is 95.6 Å². The number of aliphatic hydroxyl groups is 1. The van der Waals surface area contributed by atoms with Gasteiger partial charge in [0, 0.05) is 0 Å². The van der Waals surface area contributed by atoms with Crippen LogP contribution in [0.2, 0.25) is 0 Å². The zero-order valence-electron chi connectivity index (χ0n) is 9.09. The van der Waals surface area contributed by atoms with Crippen LogP contribution in [0.25, 0.3) is 0 Å². The Balaban J connectivity index is 2.31. The summed E-state index contributed by atoms with van der Waals surface area (Å²) in [5.74, 6) is -2.47. The van der Waals surface area contributed by atoms with Crippen molar-refractivity contribution in [1.29, 1.82) is 0 Å². The normalized spacial score (nSPS) is 28.5. The van der Waals surface area contributed by atoms with E-state index in [4.69, 9.17) is 20.3 Å². The molecule has 0 radical (unpaired) electrons. The second-order valence-corrected chi connectivity index (χ2v) is 3.84. The van der Waals surface area contributed by atoms with Crippen molar-refractivity contribution in [3.8, 4) is 0 Å². The first-order valence-electron chi connectivity index (χ1n) is 4.92. The minimum atomic E-state index is -1.19. The van der Waals surface area contributed by atoms with Crippen LogP contribution in [-0.4, -0.2) is 33.7 Å². The second kappa shape index (κ2) is 4.06. The molecule has 8 heteroatoms. The molecule has 0 spiro atoms. The number of rotatable bonds is 2. The number of aliphatic hydroxyl groups excluding tert-OH is 1. The molecule has 0 unspecified atom stereocenters. The average molecular weight is 245 g/mol. The lowest BCUT2D eigenvalue weighted by molar-refractivity contribution is -0.186. The summed E-state index contributed by atoms with van der Waals surface area (Å²) in [5.41, 5.74) is 4.42. The quantitative estimate of drug-likeness (QED) is 0.709. The molecule has 1 fully saturated rings. The average Bonchev–Trinajstić information content (AvgIpc) is 2.67. The van der Waals surface area contributed by atoms with E-state index < -0.39 is 29.3 Å². The van der Waals surface area contributed by atoms with E-state index in [1.54, 1.807) is 0 Å². The molecule has 0 bridgehead atoms. The molecular weight excluding hydrogens is 233 g/mol. The second-order valence-electron chi connectivity index (χ2n) is 3.84. The highest BCUT2D eigenvalue weighted by molar-refractivity contribution is 5.26. The lowest BCUT2D eigenvalue weighted by Crippen LogP contribution is -2.33. The van der Waals surface area contributed by atoms with Gasteiger partial charge in [-0.2, -0.15) is 4.98 Å². The van der Waals surface area contributed by atoms with Crippen molar-refractivity contribution in [3.63, 3.8) is 0 Å². The van der Waals surface area contributed by atoms with Gasteiger partial charge in [-0.15, -0.1) is 0 Å². The van der Waals surface area contributed by atoms with Gasteiger partial charge < -0.3 is 20.3 Å². The number of nitrogens with two attached hydrogens (primary N) is 1. The lowest BCUT2D eigenvalue weighted by atomic mass is 10.4. The molecule has 1 aliphatic heterocycles. The standard InChI is InChI=1S/C9H12FN3O4/c1-9(4-14)16-3-6(17-9)13-2-5(10)7(11)12-8(13)15/h2,6,14H,3-4H2,1H3,(H2,11,12,15)/t6-,9+/m0/s1. The van der Waals surface area contributed by atoms with Gasteiger partial charge in [-0.1, -0.05) is 0 Å². The summed E-state index contributed by atoms with van der Waals surface area (Å²) in [4.78, 5) is 14.8. The largest absolute Gasteiger partial charge is 0.391 e. The number of aromatic nitrogens is 2. The summed E-state index contributed by atoms with van der Waals surface area (Å²) < 4.78 is 24.6. The number of hydrogen-bond acceptors (Lipinski definition) is 6. The van der Waals surface area contributed by atoms with Crippen molar-refractivity contribution in [3.05, 3.63) is 22.5 Å². The number of anilines is 1. The van der Waals surface area contributed by atoms with Crippen molar-refractivity contribution in [2.75, 3.05) is 18.9 Å². The molecule has 1 aromatic heterocycles. The third-order valence-electron chi connectivity index (χ3n) is 2.45. The molecule has 2 atom stereocenters. The van der Waals surface area contributed by atoms with Gasteiger partial charge in [0.15, 0.2) is 23.7 Å². The molecule has 17 heavy (non-hydrogen) atoms. The van der Waals surface area contributed by atoms with Crippen LogP contribution in [0, 0.1) is 5.82 Å². The SMILES string of the molecule is C[C@@]1(CO)OC[C@@H](n2cc(F)c(N)nc2=O)O1. The predicted octanol–water partition coefficient (Wildman–Crippen LogP) is -0.782. The van der Waals surface area contributed by atoms with E-state index in [1.165, 1.54) is 6.92 Å². The van der Waals surface area contributed by atoms with E-state index in [9.17, 15) is 9.18 Å². The van der Waals surface area contributed by atoms with Crippen LogP contribution in [0.5, 0.6) is 0 Å². The number of halogens is 1. The maximum Gasteiger partial charge on any atom is 0.351 e. The topological polar surface area (TPSA) is 99.6 Å². The molecule has 0 aliphatic carbocycles. The van der Waals surface area contributed by atoms with Gasteiger partial charge in [0.2, 0.25) is 0 Å². The van der Waals surface area contributed by atoms with E-state index in [1.807, 2.05) is 0 Å². The highest BCUT2D eigenvalue weighted by Gasteiger charge is 2.38. The summed E-state index contributed by atoms with van der Waals surface area (Å²) in [6, 6.07) is 0. The maximum atomic E-state index is 13.2. The molecule has 1 aliphatic rings. The molecule has 1 aromatic rings. The van der Waals surface area contributed by atoms with Crippen LogP contribution in [0.1, 0.15) is 13.2 Å². The van der Waals surface area contributed by atoms with Crippen molar-refractivity contribution in [1.82, 2.24) is 9.55 Å². The Bertz CT molecular complexity index is 492. The zero-order chi connectivity index (χ0) is 12.6. The highest BCUT2D eigenvalue weighted by Crippen LogP contribution is 2.28. The van der Waals surface area contributed by atoms with Crippen molar-refractivity contribution in [2.45, 2.75) is 18.9 Å². The lowest BCUT2D eigenvalue weighted by Gasteiger charge is -2.20. The molecular formula is C9H12FN3O4. The molecule has 2 heterocycles. The Morgan fingerprint density at radius 2 is 2.53 bits per heavy atom. The maximum absolute atomic E-state index is 13.2. The van der Waals surface area contributed by atoms with E-state index in [0.29, 0.717) is 0 Å². The Morgan fingerprint density at radius 1 is 1.82 bits per heavy atom. The van der Waals surface area contributed by atoms with Crippen LogP contribution in [0.4, 0.5) is 10.2 Å². The van der Waals surface area contributed by atoms with Gasteiger partial charge in [-0.25, -0.2) is 9.18 Å². The Kier molecular flexibility index (Phi) is 2.86. The number of nitrogens with zero attached hydrogens (tertiary/aromatic N) is 2. The number of nitrogen functional groups attached to an aromatic ring is 1. The molecule has 0 aromatic carbocycles. The van der Waals surface area contributed by atoms with Gasteiger partial charge >= 0.3 is 5.69 Å². The van der Waals surface area contributed by atoms with E-state index >= 15 is 0 Å². The van der Waals surface area contributed by atoms with Gasteiger partial charge in [0.05, 0.1) is 19.4 Å². The van der Waals surface area contributed by atoms with E-state index in [-0.39, 0.29) is 13.2 Å². The predicted molar refractivity (Wildman–Crippen MR) is 54.4 cm³/mol. The monoisotopic (exact) mass is 245 g/mol. The van der Waals surface area contributed by atoms with Crippen LogP contribution in [0.3, 0.4) is 0 Å². The van der Waals surface area contributed by atoms with Gasteiger partial charge in [0.25, 0.3) is 0 Å². The third kappa shape index (κ3) is 2.14. The molecule has 7 nitrogen and oxygen atoms in total. The highest BCUT2D eigenvalue weighted by atomic mass is 19.1. The summed E-state index contributed by atoms with van der Waals surface area (Å²) >= 11 is 0. The summed E-state index contributed by atoms with van der Waals surface area (Å²) in [7, 11) is 0. The minimum Gasteiger partial charge on any atom is -0.391 e. The number of hydrogen-bond donors (Lipinski definition) is 2. The summed E-state index contributed by atoms with van der Waals surface area (Å²) in [6.07, 6.45) is 0.0733. The Hall–Kier alpha value is -1.51. The smallest absolute Gasteiger partial charge is 0.351 e. The first kappa shape index (κ1) is 12.0. The summed E-state index contributed by atoms with van der Waals surface area (Å²) in [5, 5.41) is 9.01. The fraction of sp³-hybridized carbons (Fsp3) is 0.556. The fourth-order valence-electron chi connectivity index (χ4n) is 1.49. The molecule has 2 rings (SSSR count). The van der Waals surface area contributed by atoms with Crippen LogP contribution < -0.4 is 11.4 Å². The van der Waals surface area contributed by atoms with Crippen molar-refractivity contribution in [2.24, 2.45) is 0 Å². The van der Waals surface area contributed by atoms with Crippen molar-refractivity contribution < 1.29 is 19.0 Å². The fourth-order valence-corrected chi connectivity index (χ4v) is 1.49. The molecule has 94 valence electrons. The van der Waals surface area contributed by atoms with Crippen LogP contribution >= 0.6 is 0 Å². The molecule has 0 saturated carbocycles. The van der Waals surface area contributed by atoms with Gasteiger partial charge in [0.1, 0.15) is 0 Å². The minimum absolute atomic E-state index is 0.0159. The molecule has 3 N–H and O–H groups in total. The van der Waals surface area contributed by atoms with Gasteiger partial charge in [-0.05, 0) is 6.92 Å². The third-order valence-corrected chi connectivity index (χ3v) is 2.45. The molecule has 1 saturated heterocycles. The Morgan fingerprint density at radius 3 is 3.12 bits per heavy atom. The number of ether oxygens (including phenoxy) is 2. The molecule has 0 amide bonds. The first-order chi connectivity index (χ1) is 7.95.